The Labute approximate surface area is 844 Å². The number of likely N-dealkylation sites (N-methyl/N-ethyl adjacent to an activating group) is 2. The number of hydrogen-bond acceptors (Lipinski definition) is 20. The third-order valence-corrected chi connectivity index (χ3v) is 29.8. The molecule has 2 saturated heterocycles. The van der Waals surface area contributed by atoms with Gasteiger partial charge in [-0.3, -0.25) is 48.7 Å². The van der Waals surface area contributed by atoms with Crippen LogP contribution < -0.4 is 141 Å². The number of thioether (sulfide) groups is 1. The fourth-order valence-electron chi connectivity index (χ4n) is 23.0. The third kappa shape index (κ3) is 18.9. The molecule has 0 radical (unpaired) electrons. The quantitative estimate of drug-likeness (QED) is 0.0121. The number of halogens is 6. The Balaban J connectivity index is 0.000000211. The molecule has 9 spiro atoms. The van der Waals surface area contributed by atoms with Crippen LogP contribution in [0.4, 0.5) is 26.7 Å². The summed E-state index contributed by atoms with van der Waals surface area (Å²) in [4.78, 5) is 111. The minimum absolute atomic E-state index is 0. The largest absolute Gasteiger partial charge is 1.00 e. The predicted octanol–water partition coefficient (Wildman–Crippen LogP) is 6.55. The SMILES string of the molecule is C.C.CI.COC1CCC2(CC1)Cc1cc(F)ccc1C21N=C(N)N(C)C1=O.COC1CCC2(CC1)Cc1cc(F)ccc1C21N=C(SC)N(C)C1=O.COC1CCC2(CC1)Cc1cc(F)ccc1C21NC(=O)NC1=O.COC1CCC2(CC1)Cc1cc(F)ccc1C21NC(=S)NC1=O.COC1CCC2(CC1)Cc1cc(F)ccc1C2=O.NC=O.O=CO[O-].[H-].[K+].[K+]. The van der Waals surface area contributed by atoms with Crippen molar-refractivity contribution in [3.8, 4) is 0 Å². The number of primary amides is 1. The van der Waals surface area contributed by atoms with Gasteiger partial charge in [0.25, 0.3) is 30.1 Å². The van der Waals surface area contributed by atoms with Crippen LogP contribution in [0.2, 0.25) is 0 Å². The number of amidine groups is 1. The van der Waals surface area contributed by atoms with Crippen LogP contribution in [0.15, 0.2) is 101 Å². The zero-order valence-electron chi connectivity index (χ0n) is 73.0. The summed E-state index contributed by atoms with van der Waals surface area (Å²) >= 11 is 8.86. The van der Waals surface area contributed by atoms with E-state index < -0.39 is 33.6 Å². The summed E-state index contributed by atoms with van der Waals surface area (Å²) in [5.74, 6) is -1.38. The van der Waals surface area contributed by atoms with Gasteiger partial charge in [0.15, 0.2) is 44.2 Å². The zero-order chi connectivity index (χ0) is 88.3. The minimum Gasteiger partial charge on any atom is -1.00 e. The topological polar surface area (TPSA) is 346 Å². The van der Waals surface area contributed by atoms with Gasteiger partial charge in [-0.15, -0.1) is 0 Å². The van der Waals surface area contributed by atoms with Gasteiger partial charge >= 0.3 is 109 Å². The maximum Gasteiger partial charge on any atom is 1.00 e. The second-order valence-corrected chi connectivity index (χ2v) is 35.3. The Hall–Kier alpha value is -5.15. The van der Waals surface area contributed by atoms with Crippen LogP contribution in [0, 0.1) is 56.2 Å². The van der Waals surface area contributed by atoms with Gasteiger partial charge in [0.2, 0.25) is 6.41 Å². The van der Waals surface area contributed by atoms with E-state index in [0.717, 1.165) is 189 Å². The molecule has 5 aromatic rings. The summed E-state index contributed by atoms with van der Waals surface area (Å²) < 4.78 is 95.6. The Morgan fingerprint density at radius 1 is 0.492 bits per heavy atom. The molecule has 4 aliphatic heterocycles. The van der Waals surface area contributed by atoms with Crippen molar-refractivity contribution in [2.75, 3.05) is 60.8 Å². The number of amides is 7. The van der Waals surface area contributed by atoms with Crippen LogP contribution in [0.5, 0.6) is 0 Å². The number of hydrogen-bond donors (Lipinski definition) is 6. The van der Waals surface area contributed by atoms with Crippen molar-refractivity contribution in [1.29, 1.82) is 0 Å². The molecule has 4 unspecified atom stereocenters. The van der Waals surface area contributed by atoms with Gasteiger partial charge in [0.1, 0.15) is 29.1 Å². The number of rotatable bonds is 6. The number of aliphatic imine (C=N–C) groups is 2. The fourth-order valence-corrected chi connectivity index (χ4v) is 23.9. The van der Waals surface area contributed by atoms with Gasteiger partial charge in [-0.05, 0) is 301 Å². The minimum atomic E-state index is -1.08. The van der Waals surface area contributed by atoms with Crippen molar-refractivity contribution in [2.45, 2.75) is 228 Å². The number of nitrogens with one attached hydrogen (secondary N) is 4. The van der Waals surface area contributed by atoms with Gasteiger partial charge in [-0.2, -0.15) is 0 Å². The van der Waals surface area contributed by atoms with Crippen LogP contribution in [0.1, 0.15) is 205 Å². The number of ketones is 1. The second-order valence-electron chi connectivity index (χ2n) is 34.2. The van der Waals surface area contributed by atoms with E-state index in [4.69, 9.17) is 61.5 Å². The maximum atomic E-state index is 13.9. The number of fused-ring (bicyclic) bond motifs is 13. The number of nitrogens with zero attached hydrogens (tertiary/aromatic N) is 4. The average Bonchev–Trinajstić information content (AvgIpc) is 1.55. The number of nitrogens with two attached hydrogens (primary N) is 2. The summed E-state index contributed by atoms with van der Waals surface area (Å²) in [6, 6.07) is 22.8. The molecule has 19 rings (SSSR count). The molecule has 8 N–H and O–H groups in total. The number of carbonyl (C=O) groups is 8. The first kappa shape index (κ1) is 106. The summed E-state index contributed by atoms with van der Waals surface area (Å²) in [5.41, 5.74) is 13.2. The monoisotopic (exact) mass is 1950 g/mol. The molecular formula is C91H116F5IK2N10O15S2. The summed E-state index contributed by atoms with van der Waals surface area (Å²) in [7, 11) is 12.1. The van der Waals surface area contributed by atoms with Crippen molar-refractivity contribution in [3.63, 3.8) is 0 Å². The van der Waals surface area contributed by atoms with E-state index >= 15 is 0 Å². The van der Waals surface area contributed by atoms with E-state index in [0.29, 0.717) is 37.2 Å². The number of thiocarbonyl (C=S) groups is 1. The van der Waals surface area contributed by atoms with E-state index in [9.17, 15) is 50.7 Å². The number of carbonyl (C=O) groups excluding carboxylic acids is 8. The second kappa shape index (κ2) is 43.7. The molecule has 0 bridgehead atoms. The van der Waals surface area contributed by atoms with E-state index in [1.165, 1.54) is 59.1 Å². The summed E-state index contributed by atoms with van der Waals surface area (Å²) in [6.45, 7) is -0.181. The zero-order valence-corrected chi connectivity index (χ0v) is 82.1. The molecule has 10 aliphatic carbocycles. The van der Waals surface area contributed by atoms with E-state index in [1.807, 2.05) is 11.2 Å². The number of methoxy groups -OCH3 is 5. The maximum absolute atomic E-state index is 13.9. The molecule has 126 heavy (non-hydrogen) atoms. The van der Waals surface area contributed by atoms with Gasteiger partial charge in [0.05, 0.1) is 30.5 Å². The fraction of sp³-hybridized carbons (Fsp3) is 0.549. The van der Waals surface area contributed by atoms with Crippen molar-refractivity contribution in [1.82, 2.24) is 31.1 Å². The predicted molar refractivity (Wildman–Crippen MR) is 471 cm³/mol. The van der Waals surface area contributed by atoms with E-state index in [1.54, 1.807) is 103 Å². The first-order valence-corrected chi connectivity index (χ1v) is 44.9. The molecule has 35 heteroatoms. The van der Waals surface area contributed by atoms with Crippen molar-refractivity contribution in [3.05, 3.63) is 176 Å². The van der Waals surface area contributed by atoms with E-state index in [-0.39, 0.29) is 249 Å². The molecule has 4 heterocycles. The number of Topliss-reactive ketones (excluding diaryl/α,β-unsaturated/α-hetero) is 1. The van der Waals surface area contributed by atoms with Gasteiger partial charge in [-0.25, -0.2) is 36.7 Å². The Kier molecular flexibility index (Phi) is 36.8. The number of imide groups is 1. The number of ether oxygens (including phenoxy) is 5. The molecule has 14 aliphatic rings. The number of urea groups is 1. The standard InChI is InChI=1S/C19H23FN2O2S.C18H22FN3O2.C17H19FN2O3.C17H19FN2O2S.C15H17FO2.CH3I.CH3NO.CH2O3.2CH4.2K.H/c1-22-16(23)19(21-17(22)25-3)15-5-4-13(20)10-12(15)11-18(19)8-6-14(24-2)7-9-18;1-22-15(23)18(21-16(22)20)14-4-3-12(19)9-11(14)10-17(18)7-5-13(24-2)6-8-17;1-23-12-4-6-16(7-5-12)9-10-8-11(18)2-3-13(10)17(16)14(21)19-15(22)20-17;1-22-12-4-6-16(7-5-12)9-10-8-11(18)2-3-13(10)17(16)14(21)19-15(23)20-17;1-18-12-4-6-15(7-5-12)9-10-8-11(16)2-3-13(10)14(15)17;1-2;2-1-3;2-1-4-3;;;;;/h4-5,10,14H,6-9,11H2,1-3H3;3-4,9,13H,5-8,10H2,1-2H3,(H2,20,21);2-3,8,12H,4-7,9H2,1H3,(H2,19,20,21,22);2-3,8,12H,4-7,9H2,1H3,(H2,19,20,21,23);2-3,8,12H,4-7,9H2,1H3;1H3;1H,(H2,2,3);1,3H;2*1H4;;;/q;;;;;;;;;;2*+1;-1/p-1. The van der Waals surface area contributed by atoms with Crippen LogP contribution in [-0.2, 0) is 112 Å². The van der Waals surface area contributed by atoms with Crippen LogP contribution in [-0.4, -0.2) is 166 Å². The van der Waals surface area contributed by atoms with Crippen molar-refractivity contribution >= 4 is 111 Å². The number of alkyl halides is 1. The van der Waals surface area contributed by atoms with Crippen LogP contribution in [0.3, 0.4) is 0 Å². The molecule has 4 atom stereocenters. The number of benzene rings is 5. The van der Waals surface area contributed by atoms with Crippen LogP contribution >= 0.6 is 46.6 Å². The van der Waals surface area contributed by atoms with Gasteiger partial charge < -0.3 is 62.7 Å². The molecule has 0 aromatic heterocycles. The summed E-state index contributed by atoms with van der Waals surface area (Å²) in [5, 5.41) is 20.8. The van der Waals surface area contributed by atoms with Gasteiger partial charge in [-0.1, -0.05) is 73.5 Å². The first-order valence-electron chi connectivity index (χ1n) is 41.1. The van der Waals surface area contributed by atoms with Crippen LogP contribution in [0.25, 0.3) is 0 Å². The molecule has 676 valence electrons. The van der Waals surface area contributed by atoms with E-state index in [2.05, 4.69) is 59.5 Å². The van der Waals surface area contributed by atoms with Gasteiger partial charge in [0, 0.05) is 82.3 Å². The average molecular weight is 1950 g/mol. The molecule has 7 amide bonds. The molecule has 5 saturated carbocycles. The van der Waals surface area contributed by atoms with Crippen molar-refractivity contribution in [2.24, 2.45) is 48.5 Å². The number of guanidine groups is 1. The molecule has 7 fully saturated rings. The Morgan fingerprint density at radius 2 is 0.802 bits per heavy atom. The normalized spacial score (nSPS) is 31.1. The van der Waals surface area contributed by atoms with Crippen molar-refractivity contribution < 1.29 is 198 Å². The molecule has 25 nitrogen and oxygen atoms in total. The Morgan fingerprint density at radius 3 is 1.12 bits per heavy atom. The molecule has 5 aromatic carbocycles. The first-order chi connectivity index (χ1) is 58.4. The summed E-state index contributed by atoms with van der Waals surface area (Å²) in [6.07, 6.45) is 23.9. The smallest absolute Gasteiger partial charge is 1.00 e. The molecular weight excluding hydrogens is 1840 g/mol. The Bertz CT molecular complexity index is 4800. The third-order valence-electron chi connectivity index (χ3n) is 28.9.